The first-order chi connectivity index (χ1) is 9.75. The van der Waals surface area contributed by atoms with Gasteiger partial charge >= 0.3 is 0 Å². The summed E-state index contributed by atoms with van der Waals surface area (Å²) in [6.45, 7) is -0.609. The van der Waals surface area contributed by atoms with Crippen LogP contribution in [0.25, 0.3) is 0 Å². The van der Waals surface area contributed by atoms with Crippen molar-refractivity contribution in [3.05, 3.63) is 23.8 Å². The van der Waals surface area contributed by atoms with Crippen LogP contribution in [0.1, 0.15) is 6.42 Å². The highest BCUT2D eigenvalue weighted by atomic mass is 32.2. The van der Waals surface area contributed by atoms with Gasteiger partial charge in [0.1, 0.15) is 0 Å². The van der Waals surface area contributed by atoms with Crippen LogP contribution in [-0.2, 0) is 14.8 Å². The second kappa shape index (κ2) is 6.96. The van der Waals surface area contributed by atoms with E-state index in [0.717, 1.165) is 0 Å². The number of nitrogens with two attached hydrogens (primary N) is 1. The summed E-state index contributed by atoms with van der Waals surface area (Å²) in [6, 6.07) is 2.77. The molecule has 0 aliphatic rings. The van der Waals surface area contributed by atoms with E-state index in [0.29, 0.717) is 12.1 Å². The average Bonchev–Trinajstić information content (AvgIpc) is 2.36. The maximum absolute atomic E-state index is 13.5. The molecule has 0 spiro atoms. The van der Waals surface area contributed by atoms with Gasteiger partial charge in [0.25, 0.3) is 5.91 Å². The lowest BCUT2D eigenvalue weighted by atomic mass is 10.3. The van der Waals surface area contributed by atoms with Gasteiger partial charge in [0, 0.05) is 6.54 Å². The molecule has 114 valence electrons. The lowest BCUT2D eigenvalue weighted by Crippen LogP contribution is -2.29. The van der Waals surface area contributed by atoms with Crippen molar-refractivity contribution in [2.45, 2.75) is 11.3 Å². The van der Waals surface area contributed by atoms with Crippen LogP contribution in [0.15, 0.2) is 17.0 Å². The molecule has 0 unspecified atom stereocenters. The maximum atomic E-state index is 13.5. The number of amides is 1. The third kappa shape index (κ3) is 4.97. The van der Waals surface area contributed by atoms with Crippen molar-refractivity contribution in [2.24, 2.45) is 5.14 Å². The molecule has 7 nitrogen and oxygen atoms in total. The Bertz CT molecular complexity index is 662. The van der Waals surface area contributed by atoms with Gasteiger partial charge in [-0.2, -0.15) is 5.26 Å². The Morgan fingerprint density at radius 3 is 2.43 bits per heavy atom. The van der Waals surface area contributed by atoms with Gasteiger partial charge in [-0.25, -0.2) is 22.3 Å². The summed E-state index contributed by atoms with van der Waals surface area (Å²) in [6.07, 6.45) is 0.0809. The summed E-state index contributed by atoms with van der Waals surface area (Å²) in [5.41, 5.74) is 0. The summed E-state index contributed by atoms with van der Waals surface area (Å²) in [7, 11) is -4.26. The van der Waals surface area contributed by atoms with Crippen LogP contribution in [0.5, 0.6) is 5.75 Å². The van der Waals surface area contributed by atoms with Crippen LogP contribution in [0.4, 0.5) is 8.78 Å². The smallest absolute Gasteiger partial charge is 0.257 e. The first kappa shape index (κ1) is 16.8. The molecule has 0 radical (unpaired) electrons. The van der Waals surface area contributed by atoms with Gasteiger partial charge in [-0.1, -0.05) is 0 Å². The van der Waals surface area contributed by atoms with E-state index < -0.39 is 44.8 Å². The van der Waals surface area contributed by atoms with Gasteiger partial charge in [0.2, 0.25) is 10.0 Å². The standard InChI is InChI=1S/C11H11F2N3O4S/c12-8-4-7(21(15,18)19)5-9(13)11(8)20-6-10(17)16-3-1-2-14/h4-5H,1,3,6H2,(H,16,17)(H2,15,18,19). The number of halogens is 2. The van der Waals surface area contributed by atoms with Crippen molar-refractivity contribution < 1.29 is 26.7 Å². The fraction of sp³-hybridized carbons (Fsp3) is 0.273. The Kier molecular flexibility index (Phi) is 5.57. The zero-order chi connectivity index (χ0) is 16.0. The zero-order valence-electron chi connectivity index (χ0n) is 10.6. The van der Waals surface area contributed by atoms with E-state index >= 15 is 0 Å². The van der Waals surface area contributed by atoms with E-state index in [1.165, 1.54) is 0 Å². The number of nitriles is 1. The lowest BCUT2D eigenvalue weighted by molar-refractivity contribution is -0.123. The molecule has 0 saturated carbocycles. The first-order valence-corrected chi connectivity index (χ1v) is 7.08. The summed E-state index contributed by atoms with van der Waals surface area (Å²) in [4.78, 5) is 10.5. The average molecular weight is 319 g/mol. The van der Waals surface area contributed by atoms with Crippen LogP contribution in [-0.4, -0.2) is 27.5 Å². The predicted molar refractivity (Wildman–Crippen MR) is 66.5 cm³/mol. The Hall–Kier alpha value is -2.25. The predicted octanol–water partition coefficient (Wildman–Crippen LogP) is 0.0209. The van der Waals surface area contributed by atoms with Crippen LogP contribution in [0, 0.1) is 23.0 Å². The zero-order valence-corrected chi connectivity index (χ0v) is 11.4. The maximum Gasteiger partial charge on any atom is 0.257 e. The molecular weight excluding hydrogens is 308 g/mol. The lowest BCUT2D eigenvalue weighted by Gasteiger charge is -2.09. The Balaban J connectivity index is 2.77. The first-order valence-electron chi connectivity index (χ1n) is 5.54. The molecule has 1 rings (SSSR count). The quantitative estimate of drug-likeness (QED) is 0.716. The molecule has 1 amide bonds. The molecule has 0 aromatic heterocycles. The third-order valence-electron chi connectivity index (χ3n) is 2.21. The highest BCUT2D eigenvalue weighted by Crippen LogP contribution is 2.24. The SMILES string of the molecule is N#CCCNC(=O)COc1c(F)cc(S(N)(=O)=O)cc1F. The van der Waals surface area contributed by atoms with Gasteiger partial charge in [0.15, 0.2) is 24.0 Å². The van der Waals surface area contributed by atoms with Crippen molar-refractivity contribution in [2.75, 3.05) is 13.2 Å². The fourth-order valence-electron chi connectivity index (χ4n) is 1.29. The van der Waals surface area contributed by atoms with Gasteiger partial charge in [-0.05, 0) is 12.1 Å². The Morgan fingerprint density at radius 2 is 1.95 bits per heavy atom. The molecule has 3 N–H and O–H groups in total. The minimum atomic E-state index is -4.26. The summed E-state index contributed by atoms with van der Waals surface area (Å²) < 4.78 is 53.7. The molecule has 10 heteroatoms. The number of nitrogens with one attached hydrogen (secondary N) is 1. The molecule has 0 fully saturated rings. The normalized spacial score (nSPS) is 10.8. The number of ether oxygens (including phenoxy) is 1. The summed E-state index contributed by atoms with van der Waals surface area (Å²) in [5.74, 6) is -4.18. The van der Waals surface area contributed by atoms with Crippen LogP contribution in [0.2, 0.25) is 0 Å². The van der Waals surface area contributed by atoms with E-state index in [1.807, 2.05) is 0 Å². The van der Waals surface area contributed by atoms with E-state index in [1.54, 1.807) is 6.07 Å². The van der Waals surface area contributed by atoms with Crippen molar-refractivity contribution in [1.82, 2.24) is 5.32 Å². The molecule has 21 heavy (non-hydrogen) atoms. The molecule has 0 aliphatic heterocycles. The van der Waals surface area contributed by atoms with E-state index in [9.17, 15) is 22.0 Å². The Morgan fingerprint density at radius 1 is 1.38 bits per heavy atom. The number of sulfonamides is 1. The number of hydrogen-bond acceptors (Lipinski definition) is 5. The molecule has 0 saturated heterocycles. The minimum absolute atomic E-state index is 0.0774. The molecule has 1 aromatic rings. The van der Waals surface area contributed by atoms with Gasteiger partial charge < -0.3 is 10.1 Å². The number of nitrogens with zero attached hydrogens (tertiary/aromatic N) is 1. The molecule has 0 heterocycles. The number of benzene rings is 1. The summed E-state index contributed by atoms with van der Waals surface area (Å²) in [5, 5.41) is 15.3. The Labute approximate surface area is 119 Å². The molecular formula is C11H11F2N3O4S. The second-order valence-corrected chi connectivity index (χ2v) is 5.37. The van der Waals surface area contributed by atoms with Crippen LogP contribution in [0.3, 0.4) is 0 Å². The number of carbonyl (C=O) groups excluding carboxylic acids is 1. The van der Waals surface area contributed by atoms with Crippen molar-refractivity contribution >= 4 is 15.9 Å². The minimum Gasteiger partial charge on any atom is -0.478 e. The topological polar surface area (TPSA) is 122 Å². The molecule has 0 atom stereocenters. The van der Waals surface area contributed by atoms with Crippen LogP contribution >= 0.6 is 0 Å². The monoisotopic (exact) mass is 319 g/mol. The van der Waals surface area contributed by atoms with Crippen LogP contribution < -0.4 is 15.2 Å². The van der Waals surface area contributed by atoms with Crippen molar-refractivity contribution in [1.29, 1.82) is 5.26 Å². The highest BCUT2D eigenvalue weighted by Gasteiger charge is 2.18. The fourth-order valence-corrected chi connectivity index (χ4v) is 1.82. The second-order valence-electron chi connectivity index (χ2n) is 3.81. The largest absolute Gasteiger partial charge is 0.478 e. The van der Waals surface area contributed by atoms with Crippen molar-refractivity contribution in [3.8, 4) is 11.8 Å². The molecule has 0 bridgehead atoms. The number of hydrogen-bond donors (Lipinski definition) is 2. The van der Waals surface area contributed by atoms with E-state index in [-0.39, 0.29) is 13.0 Å². The van der Waals surface area contributed by atoms with Crippen molar-refractivity contribution in [3.63, 3.8) is 0 Å². The van der Waals surface area contributed by atoms with E-state index in [2.05, 4.69) is 10.1 Å². The highest BCUT2D eigenvalue weighted by molar-refractivity contribution is 7.89. The molecule has 1 aromatic carbocycles. The number of carbonyl (C=O) groups is 1. The third-order valence-corrected chi connectivity index (χ3v) is 3.10. The van der Waals surface area contributed by atoms with Gasteiger partial charge in [-0.3, -0.25) is 4.79 Å². The number of primary sulfonamides is 1. The van der Waals surface area contributed by atoms with Gasteiger partial charge in [0.05, 0.1) is 17.4 Å². The number of rotatable bonds is 6. The van der Waals surface area contributed by atoms with Gasteiger partial charge in [-0.15, -0.1) is 0 Å². The summed E-state index contributed by atoms with van der Waals surface area (Å²) >= 11 is 0. The molecule has 0 aliphatic carbocycles. The van der Waals surface area contributed by atoms with E-state index in [4.69, 9.17) is 10.4 Å².